The molecule has 0 saturated carbocycles. The summed E-state index contributed by atoms with van der Waals surface area (Å²) < 4.78 is 0.654. The molecule has 2 aromatic carbocycles. The van der Waals surface area contributed by atoms with Crippen molar-refractivity contribution in [2.45, 2.75) is 43.0 Å². The number of rotatable bonds is 1. The minimum absolute atomic E-state index is 0.654. The van der Waals surface area contributed by atoms with Crippen LogP contribution in [-0.4, -0.2) is 8.07 Å². The van der Waals surface area contributed by atoms with Gasteiger partial charge in [-0.1, -0.05) is 23.9 Å². The first-order valence-corrected chi connectivity index (χ1v) is 16.0. The van der Waals surface area contributed by atoms with E-state index in [1.807, 2.05) is 11.3 Å². The van der Waals surface area contributed by atoms with Crippen LogP contribution in [0.1, 0.15) is 49.5 Å². The van der Waals surface area contributed by atoms with Crippen molar-refractivity contribution in [3.8, 4) is 11.1 Å². The fourth-order valence-corrected chi connectivity index (χ4v) is 12.9. The predicted molar refractivity (Wildman–Crippen MR) is 130 cm³/mol. The summed E-state index contributed by atoms with van der Waals surface area (Å²) in [6.07, 6.45) is 2.36. The molecule has 0 N–H and O–H groups in total. The normalized spacial score (nSPS) is 21.9. The van der Waals surface area contributed by atoms with Crippen LogP contribution in [0.25, 0.3) is 22.4 Å². The van der Waals surface area contributed by atoms with Gasteiger partial charge >= 0.3 is 118 Å². The molecule has 1 aromatic heterocycles. The van der Waals surface area contributed by atoms with Crippen LogP contribution in [0.15, 0.2) is 65.7 Å². The van der Waals surface area contributed by atoms with E-state index in [0.29, 0.717) is 3.63 Å². The Labute approximate surface area is 200 Å². The number of hydrogen-bond acceptors (Lipinski definition) is 1. The summed E-state index contributed by atoms with van der Waals surface area (Å²) in [6, 6.07) is 19.8. The van der Waals surface area contributed by atoms with Gasteiger partial charge < -0.3 is 0 Å². The zero-order valence-corrected chi connectivity index (χ0v) is 22.6. The second kappa shape index (κ2) is 7.40. The van der Waals surface area contributed by atoms with E-state index in [1.54, 1.807) is 45.9 Å². The Balaban J connectivity index is 0.000000133. The molecule has 0 spiro atoms. The Morgan fingerprint density at radius 2 is 1.63 bits per heavy atom. The van der Waals surface area contributed by atoms with Gasteiger partial charge in [-0.3, -0.25) is 0 Å². The Kier molecular flexibility index (Phi) is 5.08. The summed E-state index contributed by atoms with van der Waals surface area (Å²) in [5.74, 6) is 0. The molecule has 2 bridgehead atoms. The first-order chi connectivity index (χ1) is 14.3. The van der Waals surface area contributed by atoms with Gasteiger partial charge in [-0.2, -0.15) is 0 Å². The molecule has 3 heteroatoms. The zero-order valence-electron chi connectivity index (χ0n) is 18.3. The third-order valence-corrected chi connectivity index (χ3v) is 14.3. The van der Waals surface area contributed by atoms with Crippen molar-refractivity contribution in [3.05, 3.63) is 92.2 Å². The van der Waals surface area contributed by atoms with E-state index in [0.717, 1.165) is 5.54 Å². The van der Waals surface area contributed by atoms with E-state index >= 15 is 0 Å². The van der Waals surface area contributed by atoms with Gasteiger partial charge in [-0.05, 0) is 25.5 Å². The molecule has 2 aliphatic heterocycles. The van der Waals surface area contributed by atoms with Crippen LogP contribution in [0.4, 0.5) is 0 Å². The van der Waals surface area contributed by atoms with Crippen molar-refractivity contribution in [1.29, 1.82) is 0 Å². The van der Waals surface area contributed by atoms with Crippen molar-refractivity contribution < 1.29 is 24.7 Å². The summed E-state index contributed by atoms with van der Waals surface area (Å²) in [7, 11) is -0.995. The maximum atomic E-state index is 2.52. The predicted octanol–water partition coefficient (Wildman–Crippen LogP) is 8.09. The van der Waals surface area contributed by atoms with Crippen LogP contribution in [0, 0.1) is 6.92 Å². The molecular weight excluding hydrogens is 476 g/mol. The van der Waals surface area contributed by atoms with Gasteiger partial charge in [0.05, 0.1) is 8.07 Å². The Morgan fingerprint density at radius 3 is 2.30 bits per heavy atom. The van der Waals surface area contributed by atoms with Gasteiger partial charge in [-0.15, -0.1) is 11.3 Å². The van der Waals surface area contributed by atoms with Crippen molar-refractivity contribution in [2.75, 3.05) is 0 Å². The third kappa shape index (κ3) is 3.00. The van der Waals surface area contributed by atoms with Crippen LogP contribution in [0.2, 0.25) is 13.1 Å². The molecule has 0 saturated heterocycles. The standard InChI is InChI=1S/C16H13.C11H14SSi.Zr/c1-12-10-14-8-5-9-15(16(14)11-12)13-6-3-2-4-7-13;1-6-5-8-9(12-6)11-7(2)10(8)13(11,3)4;/h2-11H,1H3;5,11H,1-4H3;. The molecule has 0 nitrogen and oxygen atoms in total. The number of hydrogen-bond donors (Lipinski definition) is 0. The molecule has 2 unspecified atom stereocenters. The molecule has 3 aromatic rings. The molecule has 30 heavy (non-hydrogen) atoms. The number of thiophene rings is 1. The second-order valence-corrected chi connectivity index (χ2v) is 16.6. The summed E-state index contributed by atoms with van der Waals surface area (Å²) in [5, 5.41) is 1.77. The fraction of sp³-hybridized carbons (Fsp3) is 0.259. The topological polar surface area (TPSA) is 0 Å². The van der Waals surface area contributed by atoms with Crippen molar-refractivity contribution in [1.82, 2.24) is 0 Å². The van der Waals surface area contributed by atoms with Crippen LogP contribution in [0.3, 0.4) is 0 Å². The van der Waals surface area contributed by atoms with Crippen molar-refractivity contribution in [2.24, 2.45) is 0 Å². The molecule has 2 aliphatic carbocycles. The second-order valence-electron chi connectivity index (χ2n) is 9.34. The molecule has 3 heterocycles. The van der Waals surface area contributed by atoms with Gasteiger partial charge in [-0.25, -0.2) is 0 Å². The van der Waals surface area contributed by atoms with Crippen LogP contribution in [-0.2, 0) is 24.7 Å². The van der Waals surface area contributed by atoms with Gasteiger partial charge in [0.2, 0.25) is 0 Å². The van der Waals surface area contributed by atoms with Gasteiger partial charge in [0.1, 0.15) is 0 Å². The Morgan fingerprint density at radius 1 is 0.900 bits per heavy atom. The van der Waals surface area contributed by atoms with E-state index in [2.05, 4.69) is 94.5 Å². The first kappa shape index (κ1) is 20.6. The summed E-state index contributed by atoms with van der Waals surface area (Å²) >= 11 is 3.61. The average Bonchev–Trinajstić information content (AvgIpc) is 3.36. The molecule has 0 radical (unpaired) electrons. The summed E-state index contributed by atoms with van der Waals surface area (Å²) in [5.41, 5.74) is 11.3. The van der Waals surface area contributed by atoms with Crippen LogP contribution < -0.4 is 0 Å². The summed E-state index contributed by atoms with van der Waals surface area (Å²) in [6.45, 7) is 11.8. The van der Waals surface area contributed by atoms with E-state index in [-0.39, 0.29) is 0 Å². The Hall–Kier alpha value is -1.28. The number of allylic oxidation sites excluding steroid dienone is 2. The first-order valence-electron chi connectivity index (χ1n) is 10.7. The van der Waals surface area contributed by atoms with Crippen molar-refractivity contribution >= 4 is 30.7 Å². The van der Waals surface area contributed by atoms with Gasteiger partial charge in [0, 0.05) is 15.3 Å². The number of aryl methyl sites for hydroxylation is 1. The quantitative estimate of drug-likeness (QED) is 0.295. The molecular formula is C27H27SSiZr. The molecule has 149 valence electrons. The number of fused-ring (bicyclic) bond motifs is 1. The van der Waals surface area contributed by atoms with E-state index in [9.17, 15) is 0 Å². The van der Waals surface area contributed by atoms with Gasteiger partial charge in [0.25, 0.3) is 0 Å². The molecule has 0 fully saturated rings. The maximum absolute atomic E-state index is 2.52. The minimum atomic E-state index is -0.995. The number of benzene rings is 2. The van der Waals surface area contributed by atoms with E-state index < -0.39 is 8.07 Å². The SMILES string of the molecule is CC1=C2c3cc(C)sc3C1[Si]2(C)C.CC1=Cc2c(-c3ccccc3)cccc2[CH]1[Zr]. The molecule has 0 amide bonds. The molecule has 2 atom stereocenters. The van der Waals surface area contributed by atoms with E-state index in [4.69, 9.17) is 0 Å². The molecule has 7 rings (SSSR count). The third-order valence-electron chi connectivity index (χ3n) is 6.97. The van der Waals surface area contributed by atoms with E-state index in [1.165, 1.54) is 32.7 Å². The van der Waals surface area contributed by atoms with Gasteiger partial charge in [0.15, 0.2) is 0 Å². The van der Waals surface area contributed by atoms with Crippen molar-refractivity contribution in [3.63, 3.8) is 0 Å². The zero-order chi connectivity index (χ0) is 21.2. The van der Waals surface area contributed by atoms with Crippen LogP contribution >= 0.6 is 11.3 Å². The molecule has 4 aliphatic rings. The Bertz CT molecular complexity index is 1210. The average molecular weight is 503 g/mol. The van der Waals surface area contributed by atoms with Crippen LogP contribution in [0.5, 0.6) is 0 Å². The fourth-order valence-electron chi connectivity index (χ4n) is 5.71. The monoisotopic (exact) mass is 501 g/mol. The summed E-state index contributed by atoms with van der Waals surface area (Å²) in [4.78, 5) is 3.19.